The monoisotopic (exact) mass is 379 g/mol. The van der Waals surface area contributed by atoms with E-state index in [1.165, 1.54) is 19.3 Å². The first-order valence-corrected chi connectivity index (χ1v) is 9.86. The molecule has 9 nitrogen and oxygen atoms in total. The lowest BCUT2D eigenvalue weighted by Crippen LogP contribution is -2.41. The molecule has 0 bridgehead atoms. The Balaban J connectivity index is 1.31. The number of hydrogen-bond donors (Lipinski definition) is 1. The number of carbonyl (C=O) groups excluding carboxylic acids is 1. The van der Waals surface area contributed by atoms with Crippen LogP contribution in [0, 0.1) is 0 Å². The zero-order valence-electron chi connectivity index (χ0n) is 16.0. The van der Waals surface area contributed by atoms with Crippen LogP contribution in [-0.4, -0.2) is 77.6 Å². The third kappa shape index (κ3) is 4.25. The summed E-state index contributed by atoms with van der Waals surface area (Å²) >= 11 is 0. The Bertz CT molecular complexity index is 645. The third-order valence-corrected chi connectivity index (χ3v) is 5.54. The summed E-state index contributed by atoms with van der Waals surface area (Å²) in [5.74, 6) is 0. The zero-order valence-corrected chi connectivity index (χ0v) is 16.0. The van der Waals surface area contributed by atoms with Crippen LogP contribution in [0.25, 0.3) is 0 Å². The molecule has 1 aromatic rings. The van der Waals surface area contributed by atoms with Gasteiger partial charge in [-0.25, -0.2) is 9.48 Å². The van der Waals surface area contributed by atoms with Gasteiger partial charge in [0.05, 0.1) is 25.1 Å². The maximum atomic E-state index is 12.2. The van der Waals surface area contributed by atoms with Crippen LogP contribution in [0.15, 0.2) is 6.20 Å². The van der Waals surface area contributed by atoms with Crippen molar-refractivity contribution < 1.29 is 19.0 Å². The summed E-state index contributed by atoms with van der Waals surface area (Å²) in [5, 5.41) is 11.4. The number of nitrogens with one attached hydrogen (secondary N) is 1. The second-order valence-electron chi connectivity index (χ2n) is 8.01. The maximum Gasteiger partial charge on any atom is 0.407 e. The molecule has 3 aliphatic rings. The Kier molecular flexibility index (Phi) is 5.60. The van der Waals surface area contributed by atoms with Crippen molar-refractivity contribution in [3.8, 4) is 0 Å². The molecule has 2 saturated heterocycles. The van der Waals surface area contributed by atoms with E-state index >= 15 is 0 Å². The van der Waals surface area contributed by atoms with Gasteiger partial charge in [0.1, 0.15) is 18.2 Å². The number of ether oxygens (including phenoxy) is 3. The van der Waals surface area contributed by atoms with Gasteiger partial charge in [0.25, 0.3) is 0 Å². The first-order valence-electron chi connectivity index (χ1n) is 9.86. The van der Waals surface area contributed by atoms with E-state index in [1.54, 1.807) is 0 Å². The van der Waals surface area contributed by atoms with Crippen LogP contribution in [-0.2, 0) is 20.8 Å². The largest absolute Gasteiger partial charge is 0.441 e. The van der Waals surface area contributed by atoms with Gasteiger partial charge < -0.3 is 24.4 Å². The van der Waals surface area contributed by atoms with E-state index in [0.717, 1.165) is 25.1 Å². The van der Waals surface area contributed by atoms with E-state index in [-0.39, 0.29) is 36.5 Å². The normalized spacial score (nSPS) is 31.2. The van der Waals surface area contributed by atoms with E-state index < -0.39 is 0 Å². The molecular formula is C18H29N5O4. The average molecular weight is 379 g/mol. The number of carbonyl (C=O) groups is 1. The summed E-state index contributed by atoms with van der Waals surface area (Å²) in [6, 6.07) is 0.181. The SMILES string of the molecule is CN(C)Cc1cn([C@@H]2CO[C@@H]3[C@@H]2OC[C@H]3OC(=O)NC2CCCCC2)nn1. The first-order chi connectivity index (χ1) is 13.1. The smallest absolute Gasteiger partial charge is 0.407 e. The number of fused-ring (bicyclic) bond motifs is 1. The van der Waals surface area contributed by atoms with Gasteiger partial charge in [0, 0.05) is 12.6 Å². The fourth-order valence-electron chi connectivity index (χ4n) is 4.23. The molecule has 3 heterocycles. The number of nitrogens with zero attached hydrogens (tertiary/aromatic N) is 4. The molecule has 4 rings (SSSR count). The summed E-state index contributed by atoms with van der Waals surface area (Å²) in [6.45, 7) is 1.56. The van der Waals surface area contributed by atoms with Gasteiger partial charge in [0.2, 0.25) is 0 Å². The number of alkyl carbamates (subject to hydrolysis) is 1. The molecule has 3 fully saturated rings. The third-order valence-electron chi connectivity index (χ3n) is 5.54. The number of rotatable bonds is 5. The van der Waals surface area contributed by atoms with E-state index in [2.05, 4.69) is 15.6 Å². The predicted molar refractivity (Wildman–Crippen MR) is 96.2 cm³/mol. The maximum absolute atomic E-state index is 12.2. The van der Waals surface area contributed by atoms with Crippen molar-refractivity contribution in [2.24, 2.45) is 0 Å². The van der Waals surface area contributed by atoms with Crippen molar-refractivity contribution in [2.75, 3.05) is 27.3 Å². The fourth-order valence-corrected chi connectivity index (χ4v) is 4.23. The van der Waals surface area contributed by atoms with E-state index in [1.807, 2.05) is 29.9 Å². The van der Waals surface area contributed by atoms with E-state index in [9.17, 15) is 4.79 Å². The molecule has 1 N–H and O–H groups in total. The highest BCUT2D eigenvalue weighted by Crippen LogP contribution is 2.35. The lowest BCUT2D eigenvalue weighted by Gasteiger charge is -2.24. The lowest BCUT2D eigenvalue weighted by atomic mass is 9.96. The lowest BCUT2D eigenvalue weighted by molar-refractivity contribution is 0.00170. The van der Waals surface area contributed by atoms with Gasteiger partial charge >= 0.3 is 6.09 Å². The van der Waals surface area contributed by atoms with Crippen LogP contribution < -0.4 is 5.32 Å². The van der Waals surface area contributed by atoms with Crippen LogP contribution in [0.1, 0.15) is 43.8 Å². The average Bonchev–Trinajstić information content (AvgIpc) is 3.33. The number of amides is 1. The second-order valence-corrected chi connectivity index (χ2v) is 8.01. The van der Waals surface area contributed by atoms with E-state index in [4.69, 9.17) is 14.2 Å². The van der Waals surface area contributed by atoms with Crippen LogP contribution >= 0.6 is 0 Å². The molecule has 9 heteroatoms. The Hall–Kier alpha value is -1.71. The Labute approximate surface area is 159 Å². The minimum atomic E-state index is -0.381. The molecule has 1 aliphatic carbocycles. The summed E-state index contributed by atoms with van der Waals surface area (Å²) in [5.41, 5.74) is 0.904. The van der Waals surface area contributed by atoms with Gasteiger partial charge in [-0.2, -0.15) is 0 Å². The van der Waals surface area contributed by atoms with Crippen molar-refractivity contribution >= 4 is 6.09 Å². The predicted octanol–water partition coefficient (Wildman–Crippen LogP) is 1.11. The minimum absolute atomic E-state index is 0.0478. The molecule has 0 spiro atoms. The summed E-state index contributed by atoms with van der Waals surface area (Å²) < 4.78 is 19.2. The molecule has 0 radical (unpaired) electrons. The van der Waals surface area contributed by atoms with Crippen LogP contribution in [0.4, 0.5) is 4.79 Å². The van der Waals surface area contributed by atoms with Gasteiger partial charge in [-0.3, -0.25) is 0 Å². The fraction of sp³-hybridized carbons (Fsp3) is 0.833. The minimum Gasteiger partial charge on any atom is -0.441 e. The van der Waals surface area contributed by atoms with Gasteiger partial charge in [-0.1, -0.05) is 24.5 Å². The Morgan fingerprint density at radius 3 is 2.81 bits per heavy atom. The Morgan fingerprint density at radius 1 is 1.26 bits per heavy atom. The highest BCUT2D eigenvalue weighted by Gasteiger charge is 2.50. The first kappa shape index (κ1) is 18.6. The molecule has 150 valence electrons. The van der Waals surface area contributed by atoms with Crippen LogP contribution in [0.2, 0.25) is 0 Å². The quantitative estimate of drug-likeness (QED) is 0.819. The molecule has 1 amide bonds. The van der Waals surface area contributed by atoms with Crippen molar-refractivity contribution in [1.82, 2.24) is 25.2 Å². The molecule has 0 unspecified atom stereocenters. The zero-order chi connectivity index (χ0) is 18.8. The second kappa shape index (κ2) is 8.12. The van der Waals surface area contributed by atoms with Crippen molar-refractivity contribution in [2.45, 2.75) is 69.0 Å². The molecular weight excluding hydrogens is 350 g/mol. The highest BCUT2D eigenvalue weighted by atomic mass is 16.6. The standard InChI is InChI=1S/C18H29N5O4/c1-22(2)8-13-9-23(21-20-13)14-10-25-17-15(11-26-16(14)17)27-18(24)19-12-6-4-3-5-7-12/h9,12,14-17H,3-8,10-11H2,1-2H3,(H,19,24)/t14-,15-,16-,17+/m1/s1. The molecule has 0 aromatic carbocycles. The van der Waals surface area contributed by atoms with E-state index in [0.29, 0.717) is 13.2 Å². The van der Waals surface area contributed by atoms with Gasteiger partial charge in [-0.15, -0.1) is 5.10 Å². The summed E-state index contributed by atoms with van der Waals surface area (Å²) in [7, 11) is 3.99. The highest BCUT2D eigenvalue weighted by molar-refractivity contribution is 5.68. The van der Waals surface area contributed by atoms with Crippen molar-refractivity contribution in [3.63, 3.8) is 0 Å². The topological polar surface area (TPSA) is 90.7 Å². The van der Waals surface area contributed by atoms with Crippen molar-refractivity contribution in [3.05, 3.63) is 11.9 Å². The molecule has 1 aromatic heterocycles. The van der Waals surface area contributed by atoms with Gasteiger partial charge in [0.15, 0.2) is 6.10 Å². The Morgan fingerprint density at radius 2 is 2.04 bits per heavy atom. The van der Waals surface area contributed by atoms with Crippen molar-refractivity contribution in [1.29, 1.82) is 0 Å². The molecule has 4 atom stereocenters. The number of aromatic nitrogens is 3. The van der Waals surface area contributed by atoms with Crippen LogP contribution in [0.3, 0.4) is 0 Å². The van der Waals surface area contributed by atoms with Crippen LogP contribution in [0.5, 0.6) is 0 Å². The summed E-state index contributed by atoms with van der Waals surface area (Å²) in [6.07, 6.45) is 6.41. The number of hydrogen-bond acceptors (Lipinski definition) is 7. The molecule has 27 heavy (non-hydrogen) atoms. The summed E-state index contributed by atoms with van der Waals surface area (Å²) in [4.78, 5) is 14.3. The molecule has 2 aliphatic heterocycles. The molecule has 1 saturated carbocycles. The van der Waals surface area contributed by atoms with Gasteiger partial charge in [-0.05, 0) is 26.9 Å².